The summed E-state index contributed by atoms with van der Waals surface area (Å²) in [6.07, 6.45) is 1.61. The smallest absolute Gasteiger partial charge is 0.306 e. The van der Waals surface area contributed by atoms with E-state index >= 15 is 0 Å². The minimum Gasteiger partial charge on any atom is -0.466 e. The van der Waals surface area contributed by atoms with Gasteiger partial charge in [0.1, 0.15) is 0 Å². The van der Waals surface area contributed by atoms with Crippen LogP contribution in [0.4, 0.5) is 0 Å². The summed E-state index contributed by atoms with van der Waals surface area (Å²) in [7, 11) is 4.13. The number of carbonyl (C=O) groups excluding carboxylic acids is 1. The van der Waals surface area contributed by atoms with E-state index in [9.17, 15) is 4.79 Å². The molecule has 0 radical (unpaired) electrons. The molecule has 1 atom stereocenters. The predicted octanol–water partition coefficient (Wildman–Crippen LogP) is 0.987. The third kappa shape index (κ3) is 4.52. The summed E-state index contributed by atoms with van der Waals surface area (Å²) < 4.78 is 4.87. The number of nitrogens with zero attached hydrogens (tertiary/aromatic N) is 1. The van der Waals surface area contributed by atoms with E-state index in [1.54, 1.807) is 0 Å². The van der Waals surface area contributed by atoms with Gasteiger partial charge < -0.3 is 9.64 Å². The van der Waals surface area contributed by atoms with Crippen molar-refractivity contribution in [2.75, 3.05) is 33.0 Å². The normalized spacial score (nSPS) is 23.3. The van der Waals surface area contributed by atoms with Gasteiger partial charge in [-0.1, -0.05) is 0 Å². The molecule has 0 amide bonds. The Morgan fingerprint density at radius 3 is 3.00 bits per heavy atom. The Hall–Kier alpha value is -0.220. The molecule has 0 N–H and O–H groups in total. The molecular weight excluding hydrogens is 186 g/mol. The quantitative estimate of drug-likeness (QED) is 0.637. The molecule has 1 heterocycles. The summed E-state index contributed by atoms with van der Waals surface area (Å²) in [5.74, 6) is 1.07. The van der Waals surface area contributed by atoms with Gasteiger partial charge in [-0.15, -0.1) is 0 Å². The molecule has 13 heavy (non-hydrogen) atoms. The Labute approximate surface area is 83.8 Å². The van der Waals surface area contributed by atoms with Gasteiger partial charge in [-0.05, 0) is 20.5 Å². The lowest BCUT2D eigenvalue weighted by Gasteiger charge is -2.21. The fourth-order valence-electron chi connectivity index (χ4n) is 1.20. The molecule has 1 unspecified atom stereocenters. The van der Waals surface area contributed by atoms with Crippen LogP contribution >= 0.6 is 11.8 Å². The van der Waals surface area contributed by atoms with E-state index in [2.05, 4.69) is 19.0 Å². The van der Waals surface area contributed by atoms with Crippen LogP contribution in [0.15, 0.2) is 0 Å². The lowest BCUT2D eigenvalue weighted by Crippen LogP contribution is -2.24. The molecule has 0 saturated carbocycles. The number of ether oxygens (including phenoxy) is 1. The lowest BCUT2D eigenvalue weighted by molar-refractivity contribution is -0.146. The monoisotopic (exact) mass is 203 g/mol. The van der Waals surface area contributed by atoms with Gasteiger partial charge in [-0.3, -0.25) is 4.79 Å². The fourth-order valence-corrected chi connectivity index (χ4v) is 2.52. The SMILES string of the molecule is CN(C)CCSC1CCOC(=O)C1. The van der Waals surface area contributed by atoms with Gasteiger partial charge in [-0.2, -0.15) is 11.8 Å². The summed E-state index contributed by atoms with van der Waals surface area (Å²) >= 11 is 1.89. The lowest BCUT2D eigenvalue weighted by atomic mass is 10.2. The van der Waals surface area contributed by atoms with E-state index < -0.39 is 0 Å². The van der Waals surface area contributed by atoms with E-state index in [1.807, 2.05) is 11.8 Å². The maximum absolute atomic E-state index is 10.9. The molecule has 0 bridgehead atoms. The molecule has 76 valence electrons. The van der Waals surface area contributed by atoms with Gasteiger partial charge in [0.25, 0.3) is 0 Å². The Morgan fingerprint density at radius 2 is 2.38 bits per heavy atom. The van der Waals surface area contributed by atoms with Crippen LogP contribution in [0.25, 0.3) is 0 Å². The Balaban J connectivity index is 2.10. The summed E-state index contributed by atoms with van der Waals surface area (Å²) in [6.45, 7) is 1.69. The molecule has 0 spiro atoms. The molecule has 0 aromatic heterocycles. The van der Waals surface area contributed by atoms with E-state index in [1.165, 1.54) is 0 Å². The first-order valence-electron chi connectivity index (χ1n) is 4.60. The predicted molar refractivity (Wildman–Crippen MR) is 55.0 cm³/mol. The summed E-state index contributed by atoms with van der Waals surface area (Å²) in [4.78, 5) is 13.1. The molecule has 0 aromatic rings. The van der Waals surface area contributed by atoms with Crippen LogP contribution in [0.1, 0.15) is 12.8 Å². The number of carbonyl (C=O) groups is 1. The van der Waals surface area contributed by atoms with Crippen LogP contribution in [0.3, 0.4) is 0 Å². The van der Waals surface area contributed by atoms with Gasteiger partial charge in [0.15, 0.2) is 0 Å². The van der Waals surface area contributed by atoms with Gasteiger partial charge in [0, 0.05) is 17.5 Å². The Morgan fingerprint density at radius 1 is 1.62 bits per heavy atom. The number of thioether (sulfide) groups is 1. The number of rotatable bonds is 4. The Bertz CT molecular complexity index is 173. The largest absolute Gasteiger partial charge is 0.466 e. The molecule has 3 nitrogen and oxygen atoms in total. The average Bonchev–Trinajstić information content (AvgIpc) is 2.03. The molecule has 0 aromatic carbocycles. The molecule has 0 aliphatic carbocycles. The van der Waals surface area contributed by atoms with Crippen molar-refractivity contribution in [3.8, 4) is 0 Å². The minimum atomic E-state index is -0.0337. The maximum atomic E-state index is 10.9. The molecular formula is C9H17NO2S. The van der Waals surface area contributed by atoms with Crippen LogP contribution in [-0.4, -0.2) is 49.1 Å². The van der Waals surface area contributed by atoms with Crippen molar-refractivity contribution in [3.63, 3.8) is 0 Å². The van der Waals surface area contributed by atoms with E-state index in [4.69, 9.17) is 4.74 Å². The van der Waals surface area contributed by atoms with Crippen LogP contribution in [0.2, 0.25) is 0 Å². The standard InChI is InChI=1S/C9H17NO2S/c1-10(2)4-6-13-8-3-5-12-9(11)7-8/h8H,3-7H2,1-2H3. The van der Waals surface area contributed by atoms with Crippen molar-refractivity contribution in [2.24, 2.45) is 0 Å². The first-order chi connectivity index (χ1) is 6.18. The second kappa shape index (κ2) is 5.50. The zero-order valence-electron chi connectivity index (χ0n) is 8.28. The van der Waals surface area contributed by atoms with E-state index in [0.29, 0.717) is 18.3 Å². The minimum absolute atomic E-state index is 0.0337. The number of hydrogen-bond donors (Lipinski definition) is 0. The van der Waals surface area contributed by atoms with Gasteiger partial charge in [-0.25, -0.2) is 0 Å². The zero-order valence-corrected chi connectivity index (χ0v) is 9.10. The van der Waals surface area contributed by atoms with Crippen LogP contribution in [-0.2, 0) is 9.53 Å². The highest BCUT2D eigenvalue weighted by Gasteiger charge is 2.20. The summed E-state index contributed by atoms with van der Waals surface area (Å²) in [5, 5.41) is 0.487. The first kappa shape index (κ1) is 10.9. The van der Waals surface area contributed by atoms with Crippen molar-refractivity contribution in [1.29, 1.82) is 0 Å². The molecule has 1 rings (SSSR count). The third-order valence-electron chi connectivity index (χ3n) is 1.99. The van der Waals surface area contributed by atoms with Gasteiger partial charge >= 0.3 is 5.97 Å². The topological polar surface area (TPSA) is 29.5 Å². The molecule has 1 fully saturated rings. The van der Waals surface area contributed by atoms with Crippen LogP contribution in [0, 0.1) is 0 Å². The van der Waals surface area contributed by atoms with Crippen molar-refractivity contribution in [3.05, 3.63) is 0 Å². The zero-order chi connectivity index (χ0) is 9.68. The van der Waals surface area contributed by atoms with Crippen molar-refractivity contribution >= 4 is 17.7 Å². The van der Waals surface area contributed by atoms with Crippen LogP contribution in [0.5, 0.6) is 0 Å². The highest BCUT2D eigenvalue weighted by molar-refractivity contribution is 7.99. The second-order valence-electron chi connectivity index (χ2n) is 3.51. The van der Waals surface area contributed by atoms with Crippen molar-refractivity contribution < 1.29 is 9.53 Å². The first-order valence-corrected chi connectivity index (χ1v) is 5.65. The number of esters is 1. The highest BCUT2D eigenvalue weighted by atomic mass is 32.2. The van der Waals surface area contributed by atoms with E-state index in [-0.39, 0.29) is 5.97 Å². The van der Waals surface area contributed by atoms with Crippen molar-refractivity contribution in [2.45, 2.75) is 18.1 Å². The highest BCUT2D eigenvalue weighted by Crippen LogP contribution is 2.22. The van der Waals surface area contributed by atoms with Crippen LogP contribution < -0.4 is 0 Å². The van der Waals surface area contributed by atoms with Gasteiger partial charge in [0.2, 0.25) is 0 Å². The number of cyclic esters (lactones) is 1. The van der Waals surface area contributed by atoms with E-state index in [0.717, 1.165) is 18.7 Å². The summed E-state index contributed by atoms with van der Waals surface area (Å²) in [6, 6.07) is 0. The molecule has 1 aliphatic heterocycles. The van der Waals surface area contributed by atoms with Crippen molar-refractivity contribution in [1.82, 2.24) is 4.90 Å². The maximum Gasteiger partial charge on any atom is 0.306 e. The average molecular weight is 203 g/mol. The summed E-state index contributed by atoms with van der Waals surface area (Å²) in [5.41, 5.74) is 0. The van der Waals surface area contributed by atoms with Gasteiger partial charge in [0.05, 0.1) is 13.0 Å². The Kier molecular flexibility index (Phi) is 4.59. The third-order valence-corrected chi connectivity index (χ3v) is 3.28. The number of hydrogen-bond acceptors (Lipinski definition) is 4. The molecule has 1 aliphatic rings. The molecule has 1 saturated heterocycles. The molecule has 4 heteroatoms. The second-order valence-corrected chi connectivity index (χ2v) is 4.92. The fraction of sp³-hybridized carbons (Fsp3) is 0.889.